The van der Waals surface area contributed by atoms with Crippen LogP contribution in [0.15, 0.2) is 12.7 Å². The summed E-state index contributed by atoms with van der Waals surface area (Å²) in [4.78, 5) is 27.5. The van der Waals surface area contributed by atoms with Gasteiger partial charge >= 0.3 is 12.0 Å². The van der Waals surface area contributed by atoms with Crippen LogP contribution in [0.4, 0.5) is 4.79 Å². The SMILES string of the molecule is C=CCN(CCC)C(=O)N1C2CCC1CC(CC(=O)O)C2. The van der Waals surface area contributed by atoms with Crippen LogP contribution in [-0.4, -0.2) is 52.1 Å². The van der Waals surface area contributed by atoms with Crippen molar-refractivity contribution < 1.29 is 14.7 Å². The van der Waals surface area contributed by atoms with Gasteiger partial charge in [0.05, 0.1) is 0 Å². The minimum Gasteiger partial charge on any atom is -0.481 e. The van der Waals surface area contributed by atoms with Crippen molar-refractivity contribution in [3.05, 3.63) is 12.7 Å². The van der Waals surface area contributed by atoms with Gasteiger partial charge in [-0.2, -0.15) is 0 Å². The molecule has 2 fully saturated rings. The van der Waals surface area contributed by atoms with Crippen LogP contribution in [0.1, 0.15) is 45.4 Å². The number of carboxylic acids is 1. The number of rotatable bonds is 6. The van der Waals surface area contributed by atoms with Crippen LogP contribution in [0.2, 0.25) is 0 Å². The van der Waals surface area contributed by atoms with Gasteiger partial charge in [0.15, 0.2) is 0 Å². The molecule has 0 saturated carbocycles. The zero-order chi connectivity index (χ0) is 15.4. The van der Waals surface area contributed by atoms with Crippen molar-refractivity contribution in [3.63, 3.8) is 0 Å². The maximum atomic E-state index is 12.8. The monoisotopic (exact) mass is 294 g/mol. The van der Waals surface area contributed by atoms with E-state index in [0.717, 1.165) is 38.6 Å². The number of carboxylic acid groups (broad SMARTS) is 1. The highest BCUT2D eigenvalue weighted by Crippen LogP contribution is 2.40. The number of carbonyl (C=O) groups excluding carboxylic acids is 1. The molecule has 2 aliphatic rings. The molecule has 0 aromatic heterocycles. The lowest BCUT2D eigenvalue weighted by atomic mass is 9.88. The predicted octanol–water partition coefficient (Wildman–Crippen LogP) is 2.72. The molecule has 0 spiro atoms. The first kappa shape index (κ1) is 15.9. The molecule has 2 amide bonds. The maximum Gasteiger partial charge on any atom is 0.320 e. The molecule has 21 heavy (non-hydrogen) atoms. The number of aliphatic carboxylic acids is 1. The van der Waals surface area contributed by atoms with Crippen LogP contribution in [0.3, 0.4) is 0 Å². The summed E-state index contributed by atoms with van der Waals surface area (Å²) >= 11 is 0. The minimum absolute atomic E-state index is 0.109. The molecule has 0 aliphatic carbocycles. The summed E-state index contributed by atoms with van der Waals surface area (Å²) in [6.07, 6.45) is 6.64. The van der Waals surface area contributed by atoms with Gasteiger partial charge in [-0.1, -0.05) is 13.0 Å². The van der Waals surface area contributed by atoms with Crippen molar-refractivity contribution in [1.82, 2.24) is 9.80 Å². The van der Waals surface area contributed by atoms with Gasteiger partial charge in [-0.05, 0) is 38.0 Å². The summed E-state index contributed by atoms with van der Waals surface area (Å²) in [5.41, 5.74) is 0. The Kier molecular flexibility index (Phi) is 5.26. The van der Waals surface area contributed by atoms with Crippen LogP contribution in [-0.2, 0) is 4.79 Å². The molecule has 1 N–H and O–H groups in total. The average molecular weight is 294 g/mol. The van der Waals surface area contributed by atoms with Crippen molar-refractivity contribution in [2.75, 3.05) is 13.1 Å². The van der Waals surface area contributed by atoms with Crippen LogP contribution >= 0.6 is 0 Å². The summed E-state index contributed by atoms with van der Waals surface area (Å²) in [6.45, 7) is 7.13. The summed E-state index contributed by atoms with van der Waals surface area (Å²) in [5, 5.41) is 8.96. The van der Waals surface area contributed by atoms with E-state index < -0.39 is 5.97 Å². The number of urea groups is 1. The lowest BCUT2D eigenvalue weighted by Crippen LogP contribution is -2.52. The highest BCUT2D eigenvalue weighted by atomic mass is 16.4. The van der Waals surface area contributed by atoms with Crippen LogP contribution in [0.5, 0.6) is 0 Å². The van der Waals surface area contributed by atoms with Crippen molar-refractivity contribution in [2.24, 2.45) is 5.92 Å². The normalized spacial score (nSPS) is 27.5. The molecule has 0 radical (unpaired) electrons. The Morgan fingerprint density at radius 1 is 1.33 bits per heavy atom. The fourth-order valence-corrected chi connectivity index (χ4v) is 3.87. The third-order valence-corrected chi connectivity index (χ3v) is 4.63. The topological polar surface area (TPSA) is 60.9 Å². The fraction of sp³-hybridized carbons (Fsp3) is 0.750. The minimum atomic E-state index is -0.724. The highest BCUT2D eigenvalue weighted by molar-refractivity contribution is 5.76. The standard InChI is InChI=1S/C16H26N2O3/c1-3-7-17(8-4-2)16(21)18-13-5-6-14(18)10-12(9-13)11-15(19)20/h3,12-14H,1,4-11H2,2H3,(H,19,20). The van der Waals surface area contributed by atoms with Crippen LogP contribution in [0.25, 0.3) is 0 Å². The molecule has 2 heterocycles. The van der Waals surface area contributed by atoms with Crippen molar-refractivity contribution in [2.45, 2.75) is 57.5 Å². The first-order valence-corrected chi connectivity index (χ1v) is 7.96. The summed E-state index contributed by atoms with van der Waals surface area (Å²) in [5.74, 6) is -0.499. The zero-order valence-electron chi connectivity index (χ0n) is 12.8. The molecule has 0 aromatic carbocycles. The van der Waals surface area contributed by atoms with E-state index in [0.29, 0.717) is 6.54 Å². The van der Waals surface area contributed by atoms with E-state index in [1.165, 1.54) is 0 Å². The van der Waals surface area contributed by atoms with E-state index in [1.54, 1.807) is 6.08 Å². The molecular weight excluding hydrogens is 268 g/mol. The largest absolute Gasteiger partial charge is 0.481 e. The number of amides is 2. The molecule has 2 aliphatic heterocycles. The Labute approximate surface area is 126 Å². The summed E-state index contributed by atoms with van der Waals surface area (Å²) < 4.78 is 0. The van der Waals surface area contributed by atoms with E-state index in [-0.39, 0.29) is 30.5 Å². The number of hydrogen-bond donors (Lipinski definition) is 1. The van der Waals surface area contributed by atoms with Gasteiger partial charge in [-0.25, -0.2) is 4.79 Å². The third kappa shape index (κ3) is 3.57. The second kappa shape index (κ2) is 6.96. The molecule has 2 unspecified atom stereocenters. The Morgan fingerprint density at radius 3 is 2.43 bits per heavy atom. The van der Waals surface area contributed by atoms with E-state index in [2.05, 4.69) is 13.5 Å². The smallest absolute Gasteiger partial charge is 0.320 e. The molecule has 5 nitrogen and oxygen atoms in total. The fourth-order valence-electron chi connectivity index (χ4n) is 3.87. The van der Waals surface area contributed by atoms with E-state index in [4.69, 9.17) is 5.11 Å². The Hall–Kier alpha value is -1.52. The highest BCUT2D eigenvalue weighted by Gasteiger charge is 2.44. The van der Waals surface area contributed by atoms with Gasteiger partial charge in [0.25, 0.3) is 0 Å². The first-order valence-electron chi connectivity index (χ1n) is 7.96. The number of nitrogens with zero attached hydrogens (tertiary/aromatic N) is 2. The second-order valence-electron chi connectivity index (χ2n) is 6.24. The number of fused-ring (bicyclic) bond motifs is 2. The van der Waals surface area contributed by atoms with Gasteiger partial charge in [0.1, 0.15) is 0 Å². The quantitative estimate of drug-likeness (QED) is 0.766. The molecule has 2 rings (SSSR count). The van der Waals surface area contributed by atoms with Gasteiger partial charge in [-0.3, -0.25) is 4.79 Å². The summed E-state index contributed by atoms with van der Waals surface area (Å²) in [6, 6.07) is 0.563. The maximum absolute atomic E-state index is 12.8. The van der Waals surface area contributed by atoms with Crippen LogP contribution < -0.4 is 0 Å². The lowest BCUT2D eigenvalue weighted by molar-refractivity contribution is -0.138. The zero-order valence-corrected chi connectivity index (χ0v) is 12.8. The van der Waals surface area contributed by atoms with Crippen molar-refractivity contribution in [3.8, 4) is 0 Å². The van der Waals surface area contributed by atoms with Crippen molar-refractivity contribution in [1.29, 1.82) is 0 Å². The number of hydrogen-bond acceptors (Lipinski definition) is 2. The third-order valence-electron chi connectivity index (χ3n) is 4.63. The molecule has 2 saturated heterocycles. The molecule has 2 bridgehead atoms. The van der Waals surface area contributed by atoms with Crippen LogP contribution in [0, 0.1) is 5.92 Å². The molecule has 2 atom stereocenters. The van der Waals surface area contributed by atoms with E-state index in [1.807, 2.05) is 9.80 Å². The Bertz CT molecular complexity index is 396. The summed E-state index contributed by atoms with van der Waals surface area (Å²) in [7, 11) is 0. The molecule has 5 heteroatoms. The number of piperidine rings is 1. The molecular formula is C16H26N2O3. The first-order chi connectivity index (χ1) is 10.1. The van der Waals surface area contributed by atoms with Gasteiger partial charge in [0.2, 0.25) is 0 Å². The van der Waals surface area contributed by atoms with E-state index >= 15 is 0 Å². The van der Waals surface area contributed by atoms with E-state index in [9.17, 15) is 9.59 Å². The molecule has 0 aromatic rings. The number of carbonyl (C=O) groups is 2. The predicted molar refractivity (Wildman–Crippen MR) is 81.1 cm³/mol. The van der Waals surface area contributed by atoms with Gasteiger partial charge in [-0.15, -0.1) is 6.58 Å². The molecule has 118 valence electrons. The second-order valence-corrected chi connectivity index (χ2v) is 6.24. The van der Waals surface area contributed by atoms with Crippen molar-refractivity contribution >= 4 is 12.0 Å². The van der Waals surface area contributed by atoms with Gasteiger partial charge < -0.3 is 14.9 Å². The average Bonchev–Trinajstić information content (AvgIpc) is 2.69. The lowest BCUT2D eigenvalue weighted by Gasteiger charge is -2.41. The Balaban J connectivity index is 2.03. The van der Waals surface area contributed by atoms with Gasteiger partial charge in [0, 0.05) is 31.6 Å². The Morgan fingerprint density at radius 2 is 1.95 bits per heavy atom.